The van der Waals surface area contributed by atoms with Crippen LogP contribution in [0.2, 0.25) is 5.02 Å². The van der Waals surface area contributed by atoms with Crippen LogP contribution in [0.1, 0.15) is 24.0 Å². The van der Waals surface area contributed by atoms with Gasteiger partial charge in [0.05, 0.1) is 30.0 Å². The maximum atomic E-state index is 13.6. The Morgan fingerprint density at radius 3 is 2.51 bits per heavy atom. The number of nitrogens with one attached hydrogen (secondary N) is 2. The Morgan fingerprint density at radius 1 is 1.09 bits per heavy atom. The Labute approximate surface area is 255 Å². The van der Waals surface area contributed by atoms with Crippen molar-refractivity contribution >= 4 is 45.3 Å². The third-order valence-electron chi connectivity index (χ3n) is 6.51. The summed E-state index contributed by atoms with van der Waals surface area (Å²) in [6.45, 7) is 2.31. The van der Waals surface area contributed by atoms with E-state index < -0.39 is 22.5 Å². The van der Waals surface area contributed by atoms with Crippen LogP contribution >= 0.6 is 11.6 Å². The zero-order valence-electron chi connectivity index (χ0n) is 23.8. The van der Waals surface area contributed by atoms with Crippen molar-refractivity contribution in [2.75, 3.05) is 37.7 Å². The summed E-state index contributed by atoms with van der Waals surface area (Å²) in [5.74, 6) is -0.222. The van der Waals surface area contributed by atoms with Crippen molar-refractivity contribution in [3.63, 3.8) is 0 Å². The molecule has 4 rings (SSSR count). The Balaban J connectivity index is 1.37. The van der Waals surface area contributed by atoms with Crippen LogP contribution in [-0.4, -0.2) is 66.0 Å². The number of methoxy groups -OCH3 is 1. The average Bonchev–Trinajstić information content (AvgIpc) is 3.52. The van der Waals surface area contributed by atoms with Gasteiger partial charge in [-0.15, -0.1) is 0 Å². The van der Waals surface area contributed by atoms with E-state index in [0.29, 0.717) is 17.9 Å². The van der Waals surface area contributed by atoms with Gasteiger partial charge in [-0.05, 0) is 79.9 Å². The van der Waals surface area contributed by atoms with Crippen LogP contribution in [-0.2, 0) is 24.3 Å². The summed E-state index contributed by atoms with van der Waals surface area (Å²) >= 11 is 6.17. The first-order valence-electron chi connectivity index (χ1n) is 13.5. The van der Waals surface area contributed by atoms with Crippen molar-refractivity contribution in [1.82, 2.24) is 10.7 Å². The second-order valence-corrected chi connectivity index (χ2v) is 12.0. The summed E-state index contributed by atoms with van der Waals surface area (Å²) in [5, 5.41) is 7.02. The Bertz CT molecular complexity index is 1540. The molecule has 0 unspecified atom stereocenters. The molecule has 3 aromatic rings. The number of hydrogen-bond donors (Lipinski definition) is 2. The predicted octanol–water partition coefficient (Wildman–Crippen LogP) is 3.68. The summed E-state index contributed by atoms with van der Waals surface area (Å²) in [6, 6.07) is 17.5. The number of carbonyl (C=O) groups is 2. The number of benzene rings is 3. The number of carbonyl (C=O) groups excluding carboxylic acids is 2. The number of nitrogens with zero attached hydrogens (tertiary/aromatic N) is 2. The van der Waals surface area contributed by atoms with Crippen LogP contribution in [0.5, 0.6) is 11.5 Å². The number of aryl methyl sites for hydroxylation is 1. The minimum Gasteiger partial charge on any atom is -0.495 e. The second-order valence-electron chi connectivity index (χ2n) is 9.73. The molecule has 1 fully saturated rings. The number of halogens is 1. The fourth-order valence-corrected chi connectivity index (χ4v) is 5.81. The molecule has 1 aliphatic heterocycles. The topological polar surface area (TPSA) is 136 Å². The number of hydrogen-bond acceptors (Lipinski definition) is 8. The number of sulfonamides is 1. The molecule has 2 N–H and O–H groups in total. The van der Waals surface area contributed by atoms with Crippen LogP contribution in [0.25, 0.3) is 0 Å². The molecule has 13 heteroatoms. The molecular formula is C30H33ClN4O7S. The number of hydrazone groups is 1. The molecule has 0 aromatic heterocycles. The lowest BCUT2D eigenvalue weighted by Gasteiger charge is -2.25. The van der Waals surface area contributed by atoms with Crippen molar-refractivity contribution < 1.29 is 32.2 Å². The maximum Gasteiger partial charge on any atom is 0.264 e. The van der Waals surface area contributed by atoms with Crippen molar-refractivity contribution in [2.45, 2.75) is 30.8 Å². The van der Waals surface area contributed by atoms with E-state index in [2.05, 4.69) is 15.8 Å². The van der Waals surface area contributed by atoms with Gasteiger partial charge in [0.2, 0.25) is 0 Å². The molecule has 0 bridgehead atoms. The van der Waals surface area contributed by atoms with Gasteiger partial charge < -0.3 is 19.5 Å². The largest absolute Gasteiger partial charge is 0.495 e. The van der Waals surface area contributed by atoms with E-state index in [-0.39, 0.29) is 40.0 Å². The summed E-state index contributed by atoms with van der Waals surface area (Å²) in [5.41, 5.74) is 3.98. The molecule has 3 aromatic carbocycles. The first-order chi connectivity index (χ1) is 20.7. The van der Waals surface area contributed by atoms with Gasteiger partial charge in [0.1, 0.15) is 18.0 Å². The lowest BCUT2D eigenvalue weighted by atomic mass is 10.2. The summed E-state index contributed by atoms with van der Waals surface area (Å²) in [7, 11) is -2.79. The molecule has 0 radical (unpaired) electrons. The molecule has 0 spiro atoms. The maximum absolute atomic E-state index is 13.6. The van der Waals surface area contributed by atoms with E-state index in [1.165, 1.54) is 37.6 Å². The molecule has 1 aliphatic rings. The van der Waals surface area contributed by atoms with Crippen molar-refractivity contribution in [3.05, 3.63) is 82.9 Å². The highest BCUT2D eigenvalue weighted by atomic mass is 35.5. The van der Waals surface area contributed by atoms with Crippen LogP contribution < -0.4 is 24.5 Å². The molecule has 43 heavy (non-hydrogen) atoms. The van der Waals surface area contributed by atoms with Crippen molar-refractivity contribution in [2.24, 2.45) is 5.10 Å². The molecule has 0 saturated carbocycles. The zero-order chi connectivity index (χ0) is 30.8. The van der Waals surface area contributed by atoms with Gasteiger partial charge in [-0.25, -0.2) is 13.8 Å². The van der Waals surface area contributed by atoms with Crippen molar-refractivity contribution in [3.8, 4) is 11.5 Å². The lowest BCUT2D eigenvalue weighted by Crippen LogP contribution is -2.39. The standard InChI is InChI=1S/C30H33ClN4O7S/c1-21-5-12-26(13-6-21)43(38,39)35(27-16-23(31)9-14-28(27)40-2)19-29(36)34-33-17-22-7-10-24(11-8-22)42-20-30(37)32-18-25-4-3-15-41-25/h5-14,16-17,25H,3-4,15,18-20H2,1-2H3,(H,32,37)(H,34,36)/b33-17-/t25-/m1/s1. The fourth-order valence-electron chi connectivity index (χ4n) is 4.22. The molecule has 11 nitrogen and oxygen atoms in total. The van der Waals surface area contributed by atoms with Gasteiger partial charge in [0.15, 0.2) is 6.61 Å². The first-order valence-corrected chi connectivity index (χ1v) is 15.3. The zero-order valence-corrected chi connectivity index (χ0v) is 25.4. The quantitative estimate of drug-likeness (QED) is 0.218. The van der Waals surface area contributed by atoms with Crippen LogP contribution in [0.15, 0.2) is 76.7 Å². The van der Waals surface area contributed by atoms with Crippen LogP contribution in [0.3, 0.4) is 0 Å². The van der Waals surface area contributed by atoms with E-state index in [1.807, 2.05) is 6.92 Å². The monoisotopic (exact) mass is 628 g/mol. The highest BCUT2D eigenvalue weighted by Crippen LogP contribution is 2.34. The Kier molecular flexibility index (Phi) is 11.0. The van der Waals surface area contributed by atoms with E-state index in [4.69, 9.17) is 25.8 Å². The van der Waals surface area contributed by atoms with Gasteiger partial charge in [0.25, 0.3) is 21.8 Å². The van der Waals surface area contributed by atoms with Gasteiger partial charge in [-0.3, -0.25) is 13.9 Å². The smallest absolute Gasteiger partial charge is 0.264 e. The molecule has 1 heterocycles. The molecule has 1 saturated heterocycles. The number of ether oxygens (including phenoxy) is 3. The first kappa shape index (κ1) is 31.8. The van der Waals surface area contributed by atoms with Crippen molar-refractivity contribution in [1.29, 1.82) is 0 Å². The molecule has 0 aliphatic carbocycles. The Hall–Kier alpha value is -4.13. The van der Waals surface area contributed by atoms with E-state index >= 15 is 0 Å². The average molecular weight is 629 g/mol. The molecule has 2 amide bonds. The molecule has 228 valence electrons. The third-order valence-corrected chi connectivity index (χ3v) is 8.52. The molecular weight excluding hydrogens is 596 g/mol. The minimum absolute atomic E-state index is 0.000880. The normalized spacial score (nSPS) is 14.8. The van der Waals surface area contributed by atoms with E-state index in [9.17, 15) is 18.0 Å². The minimum atomic E-state index is -4.18. The summed E-state index contributed by atoms with van der Waals surface area (Å²) in [6.07, 6.45) is 3.40. The van der Waals surface area contributed by atoms with Gasteiger partial charge in [0, 0.05) is 18.2 Å². The SMILES string of the molecule is COc1ccc(Cl)cc1N(CC(=O)N/N=C\c1ccc(OCC(=O)NC[C@H]2CCCO2)cc1)S(=O)(=O)c1ccc(C)cc1. The van der Waals surface area contributed by atoms with Gasteiger partial charge in [-0.1, -0.05) is 29.3 Å². The van der Waals surface area contributed by atoms with Gasteiger partial charge >= 0.3 is 0 Å². The fraction of sp³-hybridized carbons (Fsp3) is 0.300. The van der Waals surface area contributed by atoms with E-state index in [1.54, 1.807) is 42.5 Å². The van der Waals surface area contributed by atoms with E-state index in [0.717, 1.165) is 29.3 Å². The second kappa shape index (κ2) is 14.9. The number of rotatable bonds is 13. The molecule has 1 atom stereocenters. The predicted molar refractivity (Wildman–Crippen MR) is 163 cm³/mol. The highest BCUT2D eigenvalue weighted by Gasteiger charge is 2.29. The third kappa shape index (κ3) is 8.93. The summed E-state index contributed by atoms with van der Waals surface area (Å²) < 4.78 is 44.6. The lowest BCUT2D eigenvalue weighted by molar-refractivity contribution is -0.123. The van der Waals surface area contributed by atoms with Gasteiger partial charge in [-0.2, -0.15) is 5.10 Å². The van der Waals surface area contributed by atoms with Crippen LogP contribution in [0.4, 0.5) is 5.69 Å². The highest BCUT2D eigenvalue weighted by molar-refractivity contribution is 7.92. The summed E-state index contributed by atoms with van der Waals surface area (Å²) in [4.78, 5) is 24.9. The van der Waals surface area contributed by atoms with Crippen LogP contribution in [0, 0.1) is 6.92 Å². The number of anilines is 1. The Morgan fingerprint density at radius 2 is 1.84 bits per heavy atom. The number of amides is 2.